The van der Waals surface area contributed by atoms with E-state index in [-0.39, 0.29) is 24.0 Å². The molecule has 0 amide bonds. The van der Waals surface area contributed by atoms with Crippen LogP contribution in [0.4, 0.5) is 0 Å². The minimum Gasteiger partial charge on any atom is -0.383 e. The molecule has 0 atom stereocenters. The normalized spacial score (nSPS) is 16.4. The molecule has 1 fully saturated rings. The average Bonchev–Trinajstić information content (AvgIpc) is 2.62. The number of hydrogen-bond donors (Lipinski definition) is 2. The Balaban J connectivity index is 0.00000312. The lowest BCUT2D eigenvalue weighted by molar-refractivity contribution is 0.121. The van der Waals surface area contributed by atoms with E-state index in [4.69, 9.17) is 16.3 Å². The first-order valence-electron chi connectivity index (χ1n) is 8.62. The summed E-state index contributed by atoms with van der Waals surface area (Å²) in [6.07, 6.45) is 2.44. The van der Waals surface area contributed by atoms with E-state index in [0.717, 1.165) is 49.3 Å². The van der Waals surface area contributed by atoms with Crippen molar-refractivity contribution in [2.45, 2.75) is 19.4 Å². The molecule has 1 aromatic carbocycles. The van der Waals surface area contributed by atoms with E-state index < -0.39 is 0 Å². The van der Waals surface area contributed by atoms with Gasteiger partial charge in [0.05, 0.1) is 6.61 Å². The summed E-state index contributed by atoms with van der Waals surface area (Å²) in [5, 5.41) is 7.55. The largest absolute Gasteiger partial charge is 0.383 e. The number of halogens is 2. The van der Waals surface area contributed by atoms with Crippen LogP contribution in [0, 0.1) is 5.92 Å². The summed E-state index contributed by atoms with van der Waals surface area (Å²) in [6, 6.07) is 7.87. The Bertz CT molecular complexity index is 522. The summed E-state index contributed by atoms with van der Waals surface area (Å²) in [5.74, 6) is 1.53. The summed E-state index contributed by atoms with van der Waals surface area (Å²) in [4.78, 5) is 6.77. The molecule has 142 valence electrons. The van der Waals surface area contributed by atoms with Crippen LogP contribution in [0.25, 0.3) is 0 Å². The molecule has 1 heterocycles. The van der Waals surface area contributed by atoms with E-state index in [1.165, 1.54) is 12.8 Å². The van der Waals surface area contributed by atoms with Crippen LogP contribution >= 0.6 is 35.6 Å². The van der Waals surface area contributed by atoms with Crippen molar-refractivity contribution in [1.29, 1.82) is 0 Å². The predicted octanol–water partition coefficient (Wildman–Crippen LogP) is 2.98. The van der Waals surface area contributed by atoms with Crippen molar-refractivity contribution in [2.75, 3.05) is 46.9 Å². The Kier molecular flexibility index (Phi) is 11.4. The molecular formula is C18H30ClIN4O. The fraction of sp³-hybridized carbons (Fsp3) is 0.611. The number of ether oxygens (including phenoxy) is 1. The first-order valence-corrected chi connectivity index (χ1v) is 9.00. The molecule has 0 spiro atoms. The third kappa shape index (κ3) is 8.11. The molecule has 0 radical (unpaired) electrons. The molecule has 5 nitrogen and oxygen atoms in total. The highest BCUT2D eigenvalue weighted by Gasteiger charge is 2.18. The van der Waals surface area contributed by atoms with Gasteiger partial charge in [0.2, 0.25) is 0 Å². The fourth-order valence-electron chi connectivity index (χ4n) is 2.92. The highest BCUT2D eigenvalue weighted by Crippen LogP contribution is 2.16. The van der Waals surface area contributed by atoms with Gasteiger partial charge in [0.25, 0.3) is 0 Å². The molecule has 25 heavy (non-hydrogen) atoms. The van der Waals surface area contributed by atoms with Gasteiger partial charge >= 0.3 is 0 Å². The van der Waals surface area contributed by atoms with Crippen LogP contribution in [0.3, 0.4) is 0 Å². The van der Waals surface area contributed by atoms with Crippen LogP contribution in [0.1, 0.15) is 18.4 Å². The number of hydrogen-bond acceptors (Lipinski definition) is 3. The molecule has 0 aromatic heterocycles. The minimum absolute atomic E-state index is 0. The van der Waals surface area contributed by atoms with Gasteiger partial charge in [0.15, 0.2) is 5.96 Å². The van der Waals surface area contributed by atoms with Crippen molar-refractivity contribution < 1.29 is 4.74 Å². The zero-order chi connectivity index (χ0) is 17.2. The standard InChI is InChI=1S/C18H29ClN4O.HI/c1-20-18(22-14-16-5-3-4-6-17(16)19)21-13-15-7-9-23(10-8-15)11-12-24-2;/h3-6,15H,7-14H2,1-2H3,(H2,20,21,22);1H. The van der Waals surface area contributed by atoms with Gasteiger partial charge in [-0.25, -0.2) is 0 Å². The van der Waals surface area contributed by atoms with E-state index in [1.807, 2.05) is 24.3 Å². The van der Waals surface area contributed by atoms with Crippen molar-refractivity contribution in [3.05, 3.63) is 34.9 Å². The number of piperidine rings is 1. The molecular weight excluding hydrogens is 451 g/mol. The predicted molar refractivity (Wildman–Crippen MR) is 116 cm³/mol. The second-order valence-electron chi connectivity index (χ2n) is 6.18. The van der Waals surface area contributed by atoms with Crippen LogP contribution in [0.15, 0.2) is 29.3 Å². The number of aliphatic imine (C=N–C) groups is 1. The van der Waals surface area contributed by atoms with Crippen LogP contribution in [0.5, 0.6) is 0 Å². The van der Waals surface area contributed by atoms with E-state index in [1.54, 1.807) is 14.2 Å². The first-order chi connectivity index (χ1) is 11.7. The van der Waals surface area contributed by atoms with Crippen molar-refractivity contribution in [3.8, 4) is 0 Å². The lowest BCUT2D eigenvalue weighted by Gasteiger charge is -2.32. The number of benzene rings is 1. The van der Waals surface area contributed by atoms with E-state index >= 15 is 0 Å². The maximum Gasteiger partial charge on any atom is 0.191 e. The smallest absolute Gasteiger partial charge is 0.191 e. The van der Waals surface area contributed by atoms with Crippen LogP contribution in [0.2, 0.25) is 5.02 Å². The Labute approximate surface area is 173 Å². The van der Waals surface area contributed by atoms with E-state index in [0.29, 0.717) is 12.5 Å². The van der Waals surface area contributed by atoms with E-state index in [9.17, 15) is 0 Å². The van der Waals surface area contributed by atoms with Gasteiger partial charge < -0.3 is 20.3 Å². The van der Waals surface area contributed by atoms with Crippen molar-refractivity contribution in [1.82, 2.24) is 15.5 Å². The number of nitrogens with one attached hydrogen (secondary N) is 2. The third-order valence-corrected chi connectivity index (χ3v) is 4.87. The summed E-state index contributed by atoms with van der Waals surface area (Å²) >= 11 is 6.19. The molecule has 2 rings (SSSR count). The second kappa shape index (κ2) is 12.7. The Morgan fingerprint density at radius 2 is 2.00 bits per heavy atom. The molecule has 0 unspecified atom stereocenters. The lowest BCUT2D eigenvalue weighted by atomic mass is 9.97. The zero-order valence-corrected chi connectivity index (χ0v) is 18.2. The molecule has 0 aliphatic carbocycles. The molecule has 0 bridgehead atoms. The maximum atomic E-state index is 6.19. The maximum absolute atomic E-state index is 6.19. The molecule has 1 aliphatic heterocycles. The highest BCUT2D eigenvalue weighted by atomic mass is 127. The van der Waals surface area contributed by atoms with Gasteiger partial charge in [-0.05, 0) is 43.5 Å². The molecule has 7 heteroatoms. The van der Waals surface area contributed by atoms with Gasteiger partial charge in [-0.15, -0.1) is 24.0 Å². The fourth-order valence-corrected chi connectivity index (χ4v) is 3.12. The quantitative estimate of drug-likeness (QED) is 0.358. The molecule has 2 N–H and O–H groups in total. The van der Waals surface area contributed by atoms with Gasteiger partial charge in [-0.1, -0.05) is 29.8 Å². The van der Waals surface area contributed by atoms with Crippen molar-refractivity contribution in [2.24, 2.45) is 10.9 Å². The number of likely N-dealkylation sites (tertiary alicyclic amines) is 1. The Morgan fingerprint density at radius 1 is 1.28 bits per heavy atom. The minimum atomic E-state index is 0. The monoisotopic (exact) mass is 480 g/mol. The number of guanidine groups is 1. The summed E-state index contributed by atoms with van der Waals surface area (Å²) in [5.41, 5.74) is 1.08. The second-order valence-corrected chi connectivity index (χ2v) is 6.58. The number of nitrogens with zero attached hydrogens (tertiary/aromatic N) is 2. The van der Waals surface area contributed by atoms with Crippen LogP contribution in [-0.4, -0.2) is 57.8 Å². The molecule has 1 aliphatic rings. The number of methoxy groups -OCH3 is 1. The third-order valence-electron chi connectivity index (χ3n) is 4.50. The van der Waals surface area contributed by atoms with E-state index in [2.05, 4.69) is 20.5 Å². The molecule has 1 saturated heterocycles. The van der Waals surface area contributed by atoms with Gasteiger partial charge in [-0.3, -0.25) is 4.99 Å². The first kappa shape index (κ1) is 22.5. The van der Waals surface area contributed by atoms with Gasteiger partial charge in [0.1, 0.15) is 0 Å². The number of rotatable bonds is 7. The molecule has 1 aromatic rings. The van der Waals surface area contributed by atoms with Crippen LogP contribution in [-0.2, 0) is 11.3 Å². The van der Waals surface area contributed by atoms with Crippen molar-refractivity contribution in [3.63, 3.8) is 0 Å². The highest BCUT2D eigenvalue weighted by molar-refractivity contribution is 14.0. The lowest BCUT2D eigenvalue weighted by Crippen LogP contribution is -2.43. The molecule has 0 saturated carbocycles. The zero-order valence-electron chi connectivity index (χ0n) is 15.1. The summed E-state index contributed by atoms with van der Waals surface area (Å²) in [7, 11) is 3.56. The average molecular weight is 481 g/mol. The summed E-state index contributed by atoms with van der Waals surface area (Å²) in [6.45, 7) is 5.80. The SMILES string of the molecule is CN=C(NCc1ccccc1Cl)NCC1CCN(CCOC)CC1.I. The summed E-state index contributed by atoms with van der Waals surface area (Å²) < 4.78 is 5.15. The van der Waals surface area contributed by atoms with Gasteiger partial charge in [0, 0.05) is 38.8 Å². The van der Waals surface area contributed by atoms with Crippen LogP contribution < -0.4 is 10.6 Å². The van der Waals surface area contributed by atoms with Crippen molar-refractivity contribution >= 4 is 41.5 Å². The van der Waals surface area contributed by atoms with Gasteiger partial charge in [-0.2, -0.15) is 0 Å². The Morgan fingerprint density at radius 3 is 2.64 bits per heavy atom. The topological polar surface area (TPSA) is 48.9 Å². The Hall–Kier alpha value is -0.570.